The molecule has 1 saturated heterocycles. The summed E-state index contributed by atoms with van der Waals surface area (Å²) in [5, 5.41) is 1.61. The van der Waals surface area contributed by atoms with Crippen LogP contribution in [0.2, 0.25) is 5.02 Å². The topological polar surface area (TPSA) is 20.3 Å². The summed E-state index contributed by atoms with van der Waals surface area (Å²) >= 11 is 11.2. The predicted molar refractivity (Wildman–Crippen MR) is 81.6 cm³/mol. The number of carbonyl (C=O) groups is 1. The van der Waals surface area contributed by atoms with Crippen LogP contribution in [-0.2, 0) is 0 Å². The second-order valence-corrected chi connectivity index (χ2v) is 7.76. The van der Waals surface area contributed by atoms with Gasteiger partial charge in [-0.1, -0.05) is 25.4 Å². The Morgan fingerprint density at radius 3 is 2.56 bits per heavy atom. The van der Waals surface area contributed by atoms with E-state index in [2.05, 4.69) is 29.8 Å². The maximum Gasteiger partial charge on any atom is 0.255 e. The van der Waals surface area contributed by atoms with Crippen LogP contribution in [0.4, 0.5) is 0 Å². The number of benzene rings is 1. The van der Waals surface area contributed by atoms with Crippen LogP contribution in [0, 0.1) is 0 Å². The first-order valence-electron chi connectivity index (χ1n) is 5.87. The Morgan fingerprint density at radius 1 is 1.39 bits per heavy atom. The van der Waals surface area contributed by atoms with Gasteiger partial charge in [0.2, 0.25) is 0 Å². The highest BCUT2D eigenvalue weighted by atomic mass is 79.9. The zero-order chi connectivity index (χ0) is 13.3. The molecule has 2 nitrogen and oxygen atoms in total. The number of amides is 1. The van der Waals surface area contributed by atoms with Crippen molar-refractivity contribution in [2.45, 2.75) is 24.3 Å². The van der Waals surface area contributed by atoms with E-state index in [0.29, 0.717) is 21.1 Å². The fraction of sp³-hybridized carbons (Fsp3) is 0.462. The van der Waals surface area contributed by atoms with E-state index in [1.807, 2.05) is 16.7 Å². The van der Waals surface area contributed by atoms with Gasteiger partial charge in [0.05, 0.1) is 5.56 Å². The van der Waals surface area contributed by atoms with Crippen molar-refractivity contribution in [3.63, 3.8) is 0 Å². The fourth-order valence-corrected chi connectivity index (χ4v) is 4.35. The van der Waals surface area contributed by atoms with E-state index >= 15 is 0 Å². The summed E-state index contributed by atoms with van der Waals surface area (Å²) in [7, 11) is 0. The summed E-state index contributed by atoms with van der Waals surface area (Å²) in [4.78, 5) is 14.4. The quantitative estimate of drug-likeness (QED) is 0.762. The fourth-order valence-electron chi connectivity index (χ4n) is 2.18. The summed E-state index contributed by atoms with van der Waals surface area (Å²) in [5.41, 5.74) is 0.686. The molecule has 5 heteroatoms. The molecule has 2 atom stereocenters. The van der Waals surface area contributed by atoms with Crippen molar-refractivity contribution < 1.29 is 4.79 Å². The summed E-state index contributed by atoms with van der Waals surface area (Å²) in [6.07, 6.45) is 0. The molecule has 2 rings (SSSR count). The number of carbonyl (C=O) groups excluding carboxylic acids is 1. The molecule has 1 fully saturated rings. The van der Waals surface area contributed by atoms with E-state index in [9.17, 15) is 4.79 Å². The van der Waals surface area contributed by atoms with Gasteiger partial charge < -0.3 is 4.90 Å². The molecule has 18 heavy (non-hydrogen) atoms. The van der Waals surface area contributed by atoms with Gasteiger partial charge in [0.15, 0.2) is 0 Å². The smallest absolute Gasteiger partial charge is 0.255 e. The average molecular weight is 349 g/mol. The molecule has 0 N–H and O–H groups in total. The molecule has 2 unspecified atom stereocenters. The van der Waals surface area contributed by atoms with Crippen molar-refractivity contribution >= 4 is 45.2 Å². The number of hydrogen-bond donors (Lipinski definition) is 0. The first-order valence-corrected chi connectivity index (χ1v) is 7.98. The second-order valence-electron chi connectivity index (χ2n) is 4.59. The highest BCUT2D eigenvalue weighted by Crippen LogP contribution is 2.28. The minimum absolute atomic E-state index is 0.0811. The molecule has 1 aromatic carbocycles. The van der Waals surface area contributed by atoms with Gasteiger partial charge in [-0.2, -0.15) is 11.8 Å². The third kappa shape index (κ3) is 3.22. The number of halogens is 2. The van der Waals surface area contributed by atoms with Crippen molar-refractivity contribution in [3.8, 4) is 0 Å². The van der Waals surface area contributed by atoms with Crippen LogP contribution >= 0.6 is 39.3 Å². The van der Waals surface area contributed by atoms with Crippen molar-refractivity contribution in [2.75, 3.05) is 13.1 Å². The molecule has 98 valence electrons. The average Bonchev–Trinajstić information content (AvgIpc) is 2.26. The van der Waals surface area contributed by atoms with Crippen LogP contribution < -0.4 is 0 Å². The molecule has 0 spiro atoms. The third-order valence-electron chi connectivity index (χ3n) is 2.87. The van der Waals surface area contributed by atoms with E-state index < -0.39 is 0 Å². The Hall–Kier alpha value is -0.190. The Labute approximate surface area is 125 Å². The Kier molecular flexibility index (Phi) is 4.62. The molecule has 0 bridgehead atoms. The van der Waals surface area contributed by atoms with E-state index in [1.165, 1.54) is 0 Å². The van der Waals surface area contributed by atoms with Gasteiger partial charge in [0.25, 0.3) is 5.91 Å². The summed E-state index contributed by atoms with van der Waals surface area (Å²) in [5.74, 6) is 0.0811. The predicted octanol–water partition coefficient (Wildman–Crippen LogP) is 4.07. The maximum absolute atomic E-state index is 12.5. The van der Waals surface area contributed by atoms with Crippen molar-refractivity contribution in [2.24, 2.45) is 0 Å². The number of hydrogen-bond acceptors (Lipinski definition) is 2. The Morgan fingerprint density at radius 2 is 2.00 bits per heavy atom. The first-order chi connectivity index (χ1) is 8.47. The van der Waals surface area contributed by atoms with Crippen LogP contribution in [0.25, 0.3) is 0 Å². The Bertz CT molecular complexity index is 458. The van der Waals surface area contributed by atoms with Crippen LogP contribution in [0.1, 0.15) is 24.2 Å². The van der Waals surface area contributed by atoms with Crippen LogP contribution in [0.3, 0.4) is 0 Å². The van der Waals surface area contributed by atoms with Gasteiger partial charge in [0, 0.05) is 33.1 Å². The first kappa shape index (κ1) is 14.2. The third-order valence-corrected chi connectivity index (χ3v) is 4.99. The molecular formula is C13H15BrClNOS. The lowest BCUT2D eigenvalue weighted by Crippen LogP contribution is -2.44. The van der Waals surface area contributed by atoms with Gasteiger partial charge in [0.1, 0.15) is 0 Å². The molecule has 1 amide bonds. The molecule has 0 radical (unpaired) electrons. The zero-order valence-electron chi connectivity index (χ0n) is 10.3. The van der Waals surface area contributed by atoms with Crippen LogP contribution in [0.15, 0.2) is 22.7 Å². The number of nitrogens with zero attached hydrogens (tertiary/aromatic N) is 1. The lowest BCUT2D eigenvalue weighted by Gasteiger charge is -2.34. The number of rotatable bonds is 1. The normalized spacial score (nSPS) is 24.1. The zero-order valence-corrected chi connectivity index (χ0v) is 13.5. The SMILES string of the molecule is CC1CN(C(=O)c2ccc(Cl)cc2Br)CC(C)S1. The molecule has 1 aliphatic heterocycles. The maximum atomic E-state index is 12.5. The highest BCUT2D eigenvalue weighted by molar-refractivity contribution is 9.10. The van der Waals surface area contributed by atoms with E-state index in [4.69, 9.17) is 11.6 Å². The molecule has 1 heterocycles. The minimum atomic E-state index is 0.0811. The van der Waals surface area contributed by atoms with Gasteiger partial charge in [-0.3, -0.25) is 4.79 Å². The summed E-state index contributed by atoms with van der Waals surface area (Å²) in [6, 6.07) is 5.30. The molecule has 1 aromatic rings. The number of thioether (sulfide) groups is 1. The van der Waals surface area contributed by atoms with Gasteiger partial charge in [-0.05, 0) is 34.1 Å². The second kappa shape index (κ2) is 5.85. The summed E-state index contributed by atoms with van der Waals surface area (Å²) < 4.78 is 0.763. The standard InChI is InChI=1S/C13H15BrClNOS/c1-8-6-16(7-9(2)18-8)13(17)11-4-3-10(15)5-12(11)14/h3-5,8-9H,6-7H2,1-2H3. The monoisotopic (exact) mass is 347 g/mol. The van der Waals surface area contributed by atoms with E-state index in [0.717, 1.165) is 17.6 Å². The molecule has 1 aliphatic rings. The molecule has 0 aromatic heterocycles. The molecular weight excluding hydrogens is 334 g/mol. The summed E-state index contributed by atoms with van der Waals surface area (Å²) in [6.45, 7) is 5.95. The largest absolute Gasteiger partial charge is 0.336 e. The van der Waals surface area contributed by atoms with Crippen LogP contribution in [0.5, 0.6) is 0 Å². The lowest BCUT2D eigenvalue weighted by atomic mass is 10.2. The lowest BCUT2D eigenvalue weighted by molar-refractivity contribution is 0.0752. The van der Waals surface area contributed by atoms with E-state index in [1.54, 1.807) is 18.2 Å². The molecule has 0 aliphatic carbocycles. The van der Waals surface area contributed by atoms with Crippen molar-refractivity contribution in [1.29, 1.82) is 0 Å². The van der Waals surface area contributed by atoms with E-state index in [-0.39, 0.29) is 5.91 Å². The van der Waals surface area contributed by atoms with Gasteiger partial charge >= 0.3 is 0 Å². The van der Waals surface area contributed by atoms with Crippen molar-refractivity contribution in [3.05, 3.63) is 33.3 Å². The molecule has 0 saturated carbocycles. The van der Waals surface area contributed by atoms with Crippen LogP contribution in [-0.4, -0.2) is 34.4 Å². The van der Waals surface area contributed by atoms with Crippen molar-refractivity contribution in [1.82, 2.24) is 4.90 Å². The van der Waals surface area contributed by atoms with Gasteiger partial charge in [-0.15, -0.1) is 0 Å². The Balaban J connectivity index is 2.20. The highest BCUT2D eigenvalue weighted by Gasteiger charge is 2.27. The minimum Gasteiger partial charge on any atom is -0.336 e. The van der Waals surface area contributed by atoms with Gasteiger partial charge in [-0.25, -0.2) is 0 Å².